The van der Waals surface area contributed by atoms with Crippen LogP contribution in [-0.4, -0.2) is 43.2 Å². The van der Waals surface area contributed by atoms with Gasteiger partial charge in [0.05, 0.1) is 37.6 Å². The van der Waals surface area contributed by atoms with E-state index in [1.807, 2.05) is 12.1 Å². The first-order valence-corrected chi connectivity index (χ1v) is 8.59. The number of hydrogen-bond acceptors (Lipinski definition) is 3. The molecule has 0 radical (unpaired) electrons. The zero-order valence-corrected chi connectivity index (χ0v) is 14.5. The Morgan fingerprint density at radius 1 is 1.19 bits per heavy atom. The molecule has 3 N–H and O–H groups in total. The van der Waals surface area contributed by atoms with Gasteiger partial charge in [-0.3, -0.25) is 4.79 Å². The molecule has 0 aliphatic carbocycles. The van der Waals surface area contributed by atoms with E-state index in [0.29, 0.717) is 26.2 Å². The van der Waals surface area contributed by atoms with E-state index in [-0.39, 0.29) is 17.3 Å². The molecule has 3 rings (SSSR count). The van der Waals surface area contributed by atoms with Crippen molar-refractivity contribution in [1.29, 1.82) is 0 Å². The quantitative estimate of drug-likeness (QED) is 0.771. The van der Waals surface area contributed by atoms with E-state index in [1.54, 1.807) is 19.1 Å². The maximum Gasteiger partial charge on any atom is 0.282 e. The Balaban J connectivity index is 1.59. The number of rotatable bonds is 4. The van der Waals surface area contributed by atoms with Gasteiger partial charge >= 0.3 is 0 Å². The number of para-hydroxylation sites is 2. The zero-order valence-electron chi connectivity index (χ0n) is 14.5. The maximum atomic E-state index is 13.7. The molecule has 1 amide bonds. The Morgan fingerprint density at radius 2 is 1.88 bits per heavy atom. The predicted octanol–water partition coefficient (Wildman–Crippen LogP) is 1.40. The number of benzene rings is 2. The summed E-state index contributed by atoms with van der Waals surface area (Å²) in [6, 6.07) is 9.75. The van der Waals surface area contributed by atoms with Crippen molar-refractivity contribution in [2.45, 2.75) is 13.0 Å². The van der Waals surface area contributed by atoms with Crippen LogP contribution in [0.1, 0.15) is 6.92 Å². The number of nitrogens with zero attached hydrogens (tertiary/aromatic N) is 1. The highest BCUT2D eigenvalue weighted by Crippen LogP contribution is 2.26. The highest BCUT2D eigenvalue weighted by atomic mass is 19.1. The van der Waals surface area contributed by atoms with E-state index >= 15 is 0 Å². The number of quaternary nitrogens is 1. The molecule has 1 aliphatic rings. The van der Waals surface area contributed by atoms with Gasteiger partial charge in [0.15, 0.2) is 6.04 Å². The largest absolute Gasteiger partial charge is 0.506 e. The van der Waals surface area contributed by atoms with E-state index in [4.69, 9.17) is 0 Å². The standard InChI is InChI=1S/C19H21F2N3O2/c1-13(19(26)22-16-12-14(20)6-7-15(16)21)23-8-10-24(11-9-23)17-4-2-3-5-18(17)25/h2-7,12-13,25H,8-11H2,1H3,(H,22,26)/p+1/t13-/m0/s1. The molecule has 26 heavy (non-hydrogen) atoms. The molecule has 0 unspecified atom stereocenters. The summed E-state index contributed by atoms with van der Waals surface area (Å²) in [4.78, 5) is 15.5. The Morgan fingerprint density at radius 3 is 2.58 bits per heavy atom. The van der Waals surface area contributed by atoms with Crippen LogP contribution in [0.2, 0.25) is 0 Å². The summed E-state index contributed by atoms with van der Waals surface area (Å²) in [5, 5.41) is 12.4. The second kappa shape index (κ2) is 7.70. The van der Waals surface area contributed by atoms with Crippen molar-refractivity contribution in [3.05, 3.63) is 54.1 Å². The Bertz CT molecular complexity index is 792. The molecule has 0 saturated carbocycles. The molecular formula is C19H22F2N3O2+. The summed E-state index contributed by atoms with van der Waals surface area (Å²) in [6.07, 6.45) is 0. The number of carbonyl (C=O) groups is 1. The molecule has 0 spiro atoms. The van der Waals surface area contributed by atoms with Gasteiger partial charge in [0.2, 0.25) is 0 Å². The van der Waals surface area contributed by atoms with E-state index in [2.05, 4.69) is 10.2 Å². The van der Waals surface area contributed by atoms with Crippen LogP contribution in [0.3, 0.4) is 0 Å². The lowest BCUT2D eigenvalue weighted by molar-refractivity contribution is -0.914. The van der Waals surface area contributed by atoms with Gasteiger partial charge in [0, 0.05) is 6.07 Å². The third-order valence-electron chi connectivity index (χ3n) is 4.82. The minimum absolute atomic E-state index is 0.144. The molecule has 1 fully saturated rings. The molecule has 0 bridgehead atoms. The number of piperazine rings is 1. The number of phenolic OH excluding ortho intramolecular Hbond substituents is 1. The van der Waals surface area contributed by atoms with E-state index in [1.165, 1.54) is 0 Å². The smallest absolute Gasteiger partial charge is 0.282 e. The molecule has 1 atom stereocenters. The van der Waals surface area contributed by atoms with Crippen molar-refractivity contribution in [1.82, 2.24) is 0 Å². The normalized spacial score (nSPS) is 16.3. The number of hydrogen-bond donors (Lipinski definition) is 3. The second-order valence-corrected chi connectivity index (χ2v) is 6.47. The Hall–Kier alpha value is -2.67. The third kappa shape index (κ3) is 3.94. The first-order chi connectivity index (χ1) is 12.5. The Kier molecular flexibility index (Phi) is 5.37. The summed E-state index contributed by atoms with van der Waals surface area (Å²) in [6.45, 7) is 4.57. The molecule has 0 aromatic heterocycles. The molecule has 5 nitrogen and oxygen atoms in total. The monoisotopic (exact) mass is 362 g/mol. The summed E-state index contributed by atoms with van der Waals surface area (Å²) in [5.41, 5.74) is 0.639. The maximum absolute atomic E-state index is 13.7. The lowest BCUT2D eigenvalue weighted by Gasteiger charge is -2.36. The van der Waals surface area contributed by atoms with Gasteiger partial charge in [0.25, 0.3) is 5.91 Å². The van der Waals surface area contributed by atoms with Gasteiger partial charge in [-0.15, -0.1) is 0 Å². The number of aromatic hydroxyl groups is 1. The minimum Gasteiger partial charge on any atom is -0.506 e. The summed E-state index contributed by atoms with van der Waals surface area (Å²) in [7, 11) is 0. The topological polar surface area (TPSA) is 57.0 Å². The van der Waals surface area contributed by atoms with Crippen molar-refractivity contribution >= 4 is 17.3 Å². The van der Waals surface area contributed by atoms with Gasteiger partial charge in [-0.05, 0) is 31.2 Å². The van der Waals surface area contributed by atoms with Crippen LogP contribution in [-0.2, 0) is 4.79 Å². The average Bonchev–Trinajstić information content (AvgIpc) is 2.64. The zero-order chi connectivity index (χ0) is 18.7. The molecule has 1 saturated heterocycles. The molecule has 7 heteroatoms. The lowest BCUT2D eigenvalue weighted by atomic mass is 10.2. The molecule has 2 aromatic rings. The molecule has 138 valence electrons. The fourth-order valence-corrected chi connectivity index (χ4v) is 3.22. The predicted molar refractivity (Wildman–Crippen MR) is 95.5 cm³/mol. The van der Waals surface area contributed by atoms with Crippen LogP contribution < -0.4 is 15.1 Å². The minimum atomic E-state index is -0.661. The molecule has 1 heterocycles. The number of carbonyl (C=O) groups excluding carboxylic acids is 1. The van der Waals surface area contributed by atoms with Gasteiger partial charge in [-0.2, -0.15) is 0 Å². The number of halogens is 2. The van der Waals surface area contributed by atoms with Crippen molar-refractivity contribution in [2.75, 3.05) is 36.4 Å². The molecule has 1 aliphatic heterocycles. The fraction of sp³-hybridized carbons (Fsp3) is 0.316. The fourth-order valence-electron chi connectivity index (χ4n) is 3.22. The highest BCUT2D eigenvalue weighted by Gasteiger charge is 2.30. The second-order valence-electron chi connectivity index (χ2n) is 6.47. The van der Waals surface area contributed by atoms with Gasteiger partial charge < -0.3 is 20.2 Å². The van der Waals surface area contributed by atoms with Crippen LogP contribution in [0.15, 0.2) is 42.5 Å². The van der Waals surface area contributed by atoms with Crippen LogP contribution in [0.5, 0.6) is 5.75 Å². The summed E-state index contributed by atoms with van der Waals surface area (Å²) < 4.78 is 26.9. The Labute approximate surface area is 150 Å². The van der Waals surface area contributed by atoms with Gasteiger partial charge in [0.1, 0.15) is 17.4 Å². The van der Waals surface area contributed by atoms with E-state index in [9.17, 15) is 18.7 Å². The molecule has 2 aromatic carbocycles. The highest BCUT2D eigenvalue weighted by molar-refractivity contribution is 5.93. The first-order valence-electron chi connectivity index (χ1n) is 8.59. The van der Waals surface area contributed by atoms with E-state index in [0.717, 1.165) is 28.8 Å². The average molecular weight is 362 g/mol. The first kappa shape index (κ1) is 18.1. The number of phenols is 1. The van der Waals surface area contributed by atoms with Crippen LogP contribution in [0.25, 0.3) is 0 Å². The number of amides is 1. The lowest BCUT2D eigenvalue weighted by Crippen LogP contribution is -3.19. The van der Waals surface area contributed by atoms with Crippen molar-refractivity contribution in [3.63, 3.8) is 0 Å². The number of nitrogens with one attached hydrogen (secondary N) is 2. The third-order valence-corrected chi connectivity index (χ3v) is 4.82. The SMILES string of the molecule is C[C@@H](C(=O)Nc1cc(F)ccc1F)[NH+]1CCN(c2ccccc2O)CC1. The van der Waals surface area contributed by atoms with Crippen LogP contribution in [0, 0.1) is 11.6 Å². The van der Waals surface area contributed by atoms with Crippen molar-refractivity contribution in [3.8, 4) is 5.75 Å². The summed E-state index contributed by atoms with van der Waals surface area (Å²) in [5.74, 6) is -1.37. The van der Waals surface area contributed by atoms with E-state index < -0.39 is 17.7 Å². The van der Waals surface area contributed by atoms with Crippen LogP contribution >= 0.6 is 0 Å². The van der Waals surface area contributed by atoms with Crippen molar-refractivity contribution in [2.24, 2.45) is 0 Å². The number of anilines is 2. The molecular weight excluding hydrogens is 340 g/mol. The van der Waals surface area contributed by atoms with Crippen molar-refractivity contribution < 1.29 is 23.6 Å². The van der Waals surface area contributed by atoms with Gasteiger partial charge in [-0.25, -0.2) is 8.78 Å². The van der Waals surface area contributed by atoms with Gasteiger partial charge in [-0.1, -0.05) is 12.1 Å². The van der Waals surface area contributed by atoms with Crippen LogP contribution in [0.4, 0.5) is 20.2 Å². The summed E-state index contributed by atoms with van der Waals surface area (Å²) >= 11 is 0.